The van der Waals surface area contributed by atoms with Crippen molar-refractivity contribution in [3.8, 4) is 0 Å². The van der Waals surface area contributed by atoms with E-state index in [9.17, 15) is 21.6 Å². The molecule has 0 bridgehead atoms. The smallest absolute Gasteiger partial charge is 0.269 e. The Labute approximate surface area is 84.6 Å². The van der Waals surface area contributed by atoms with E-state index in [0.717, 1.165) is 0 Å². The minimum Gasteiger partial charge on any atom is -0.269 e. The van der Waals surface area contributed by atoms with Crippen molar-refractivity contribution in [1.29, 1.82) is 0 Å². The van der Waals surface area contributed by atoms with Gasteiger partial charge in [-0.3, -0.25) is 9.27 Å². The lowest BCUT2D eigenvalue weighted by Crippen LogP contribution is -2.09. The first-order chi connectivity index (χ1) is 6.81. The number of halogens is 3. The molecule has 4 nitrogen and oxygen atoms in total. The van der Waals surface area contributed by atoms with Crippen LogP contribution in [0.1, 0.15) is 0 Å². The Bertz CT molecular complexity index is 366. The highest BCUT2D eigenvalue weighted by molar-refractivity contribution is 7.87. The Morgan fingerprint density at radius 1 is 1.13 bits per heavy atom. The van der Waals surface area contributed by atoms with Gasteiger partial charge in [0, 0.05) is 0 Å². The zero-order valence-corrected chi connectivity index (χ0v) is 8.09. The van der Waals surface area contributed by atoms with Crippen molar-refractivity contribution in [3.63, 3.8) is 0 Å². The van der Waals surface area contributed by atoms with E-state index in [4.69, 9.17) is 4.55 Å². The van der Waals surface area contributed by atoms with Crippen molar-refractivity contribution >= 4 is 16.0 Å². The summed E-state index contributed by atoms with van der Waals surface area (Å²) in [7, 11) is -4.13. The number of nitrogens with one attached hydrogen (secondary N) is 1. The molecule has 1 aromatic rings. The highest BCUT2D eigenvalue weighted by Crippen LogP contribution is 2.05. The van der Waals surface area contributed by atoms with Crippen LogP contribution in [0.5, 0.6) is 0 Å². The summed E-state index contributed by atoms with van der Waals surface area (Å²) in [6.07, 6.45) is 0. The van der Waals surface area contributed by atoms with E-state index in [1.54, 1.807) is 18.2 Å². The normalized spacial score (nSPS) is 10.5. The van der Waals surface area contributed by atoms with Gasteiger partial charge in [0.2, 0.25) is 0 Å². The SMILES string of the molecule is FC(F)F.O=S(=O)(O)Nc1ccccc1. The van der Waals surface area contributed by atoms with Gasteiger partial charge < -0.3 is 0 Å². The van der Waals surface area contributed by atoms with Crippen LogP contribution >= 0.6 is 0 Å². The molecule has 0 atom stereocenters. The molecule has 8 heteroatoms. The van der Waals surface area contributed by atoms with E-state index in [-0.39, 0.29) is 0 Å². The summed E-state index contributed by atoms with van der Waals surface area (Å²) in [5, 5.41) is 0. The van der Waals surface area contributed by atoms with E-state index in [1.165, 1.54) is 12.1 Å². The number of para-hydroxylation sites is 1. The minimum absolute atomic E-state index is 0.343. The number of hydrogen-bond donors (Lipinski definition) is 2. The van der Waals surface area contributed by atoms with Gasteiger partial charge in [-0.1, -0.05) is 18.2 Å². The molecule has 0 unspecified atom stereocenters. The van der Waals surface area contributed by atoms with Crippen LogP contribution in [0.25, 0.3) is 0 Å². The van der Waals surface area contributed by atoms with Crippen LogP contribution in [0.3, 0.4) is 0 Å². The second-order valence-corrected chi connectivity index (χ2v) is 3.34. The minimum atomic E-state index is -4.13. The molecule has 0 saturated heterocycles. The van der Waals surface area contributed by atoms with Crippen molar-refractivity contribution in [1.82, 2.24) is 0 Å². The van der Waals surface area contributed by atoms with Crippen molar-refractivity contribution in [3.05, 3.63) is 30.3 Å². The molecule has 0 aromatic heterocycles. The van der Waals surface area contributed by atoms with Gasteiger partial charge in [0.25, 0.3) is 0 Å². The monoisotopic (exact) mass is 243 g/mol. The lowest BCUT2D eigenvalue weighted by atomic mass is 10.3. The zero-order valence-electron chi connectivity index (χ0n) is 7.27. The van der Waals surface area contributed by atoms with Gasteiger partial charge in [0.05, 0.1) is 5.69 Å². The highest BCUT2D eigenvalue weighted by atomic mass is 32.2. The van der Waals surface area contributed by atoms with E-state index in [1.807, 2.05) is 4.72 Å². The third-order valence-corrected chi connectivity index (χ3v) is 1.51. The molecule has 15 heavy (non-hydrogen) atoms. The quantitative estimate of drug-likeness (QED) is 0.781. The van der Waals surface area contributed by atoms with Crippen LogP contribution in [-0.4, -0.2) is 19.6 Å². The molecule has 0 spiro atoms. The Morgan fingerprint density at radius 2 is 1.53 bits per heavy atom. The lowest BCUT2D eigenvalue weighted by molar-refractivity contribution is 0.00819. The van der Waals surface area contributed by atoms with Crippen LogP contribution in [0.2, 0.25) is 0 Å². The van der Waals surface area contributed by atoms with Gasteiger partial charge in [-0.15, -0.1) is 0 Å². The Kier molecular flexibility index (Phi) is 5.72. The van der Waals surface area contributed by atoms with E-state index in [2.05, 4.69) is 0 Å². The molecule has 0 radical (unpaired) electrons. The van der Waals surface area contributed by atoms with Crippen molar-refractivity contribution < 1.29 is 26.1 Å². The first-order valence-electron chi connectivity index (χ1n) is 3.54. The molecular weight excluding hydrogens is 235 g/mol. The van der Waals surface area contributed by atoms with Gasteiger partial charge in [-0.05, 0) is 12.1 Å². The molecule has 1 rings (SSSR count). The molecule has 0 amide bonds. The molecule has 0 aliphatic heterocycles. The maximum Gasteiger partial charge on any atom is 0.379 e. The number of hydrogen-bond acceptors (Lipinski definition) is 2. The molecule has 86 valence electrons. The number of rotatable bonds is 2. The van der Waals surface area contributed by atoms with Crippen LogP contribution in [0.15, 0.2) is 30.3 Å². The van der Waals surface area contributed by atoms with Crippen molar-refractivity contribution in [2.45, 2.75) is 6.68 Å². The molecular formula is C7H8F3NO3S. The summed E-state index contributed by atoms with van der Waals surface area (Å²) >= 11 is 0. The topological polar surface area (TPSA) is 66.4 Å². The fourth-order valence-corrected chi connectivity index (χ4v) is 1.09. The average Bonchev–Trinajstić information content (AvgIpc) is 2.01. The van der Waals surface area contributed by atoms with Crippen LogP contribution in [-0.2, 0) is 10.3 Å². The molecule has 0 aliphatic rings. The van der Waals surface area contributed by atoms with Gasteiger partial charge in [0.1, 0.15) is 0 Å². The van der Waals surface area contributed by atoms with E-state index < -0.39 is 17.0 Å². The van der Waals surface area contributed by atoms with E-state index in [0.29, 0.717) is 5.69 Å². The molecule has 0 aliphatic carbocycles. The Hall–Kier alpha value is -1.28. The summed E-state index contributed by atoms with van der Waals surface area (Å²) in [6.45, 7) is -3.67. The summed E-state index contributed by atoms with van der Waals surface area (Å²) in [5.74, 6) is 0. The second kappa shape index (κ2) is 6.25. The highest BCUT2D eigenvalue weighted by Gasteiger charge is 2.00. The maximum absolute atomic E-state index is 10.2. The molecule has 2 N–H and O–H groups in total. The average molecular weight is 243 g/mol. The number of benzene rings is 1. The lowest BCUT2D eigenvalue weighted by Gasteiger charge is -1.99. The summed E-state index contributed by atoms with van der Waals surface area (Å²) in [5.41, 5.74) is 0.343. The first kappa shape index (κ1) is 13.7. The van der Waals surface area contributed by atoms with Gasteiger partial charge in [0.15, 0.2) is 0 Å². The summed E-state index contributed by atoms with van der Waals surface area (Å²) in [4.78, 5) is 0. The maximum atomic E-state index is 10.2. The van der Waals surface area contributed by atoms with Gasteiger partial charge in [-0.2, -0.15) is 21.6 Å². The van der Waals surface area contributed by atoms with Gasteiger partial charge >= 0.3 is 17.0 Å². The number of anilines is 1. The fraction of sp³-hybridized carbons (Fsp3) is 0.143. The van der Waals surface area contributed by atoms with Crippen molar-refractivity contribution in [2.75, 3.05) is 4.72 Å². The van der Waals surface area contributed by atoms with E-state index >= 15 is 0 Å². The number of alkyl halides is 3. The molecule has 0 saturated carbocycles. The summed E-state index contributed by atoms with van der Waals surface area (Å²) in [6, 6.07) is 8.14. The third kappa shape index (κ3) is 10.6. The van der Waals surface area contributed by atoms with Crippen LogP contribution in [0, 0.1) is 0 Å². The predicted octanol–water partition coefficient (Wildman–Crippen LogP) is 2.08. The zero-order chi connectivity index (χ0) is 11.9. The first-order valence-corrected chi connectivity index (χ1v) is 4.98. The van der Waals surface area contributed by atoms with Crippen molar-refractivity contribution in [2.24, 2.45) is 0 Å². The predicted molar refractivity (Wildman–Crippen MR) is 48.7 cm³/mol. The fourth-order valence-electron chi connectivity index (χ4n) is 0.655. The van der Waals surface area contributed by atoms with Crippen LogP contribution < -0.4 is 4.72 Å². The molecule has 0 fully saturated rings. The second-order valence-electron chi connectivity index (χ2n) is 2.19. The van der Waals surface area contributed by atoms with Crippen LogP contribution in [0.4, 0.5) is 18.9 Å². The van der Waals surface area contributed by atoms with Gasteiger partial charge in [-0.25, -0.2) is 0 Å². The molecule has 0 heterocycles. The third-order valence-electron chi connectivity index (χ3n) is 1.02. The molecule has 1 aromatic carbocycles. The standard InChI is InChI=1S/C6H7NO3S.CHF3/c8-11(9,10)7-6-4-2-1-3-5-6;2-1(3)4/h1-5,7H,(H,8,9,10);1H. The largest absolute Gasteiger partial charge is 0.379 e. The Balaban J connectivity index is 0.000000423. The summed E-state index contributed by atoms with van der Waals surface area (Å²) < 4.78 is 59.7. The Morgan fingerprint density at radius 3 is 1.87 bits per heavy atom.